The molecule has 0 spiro atoms. The van der Waals surface area contributed by atoms with E-state index in [1.165, 1.54) is 37.4 Å². The van der Waals surface area contributed by atoms with Gasteiger partial charge < -0.3 is 40.1 Å². The first-order valence-corrected chi connectivity index (χ1v) is 11.4. The molecule has 0 aromatic heterocycles. The molecule has 0 amide bonds. The first-order valence-electron chi connectivity index (χ1n) is 11.4. The molecule has 188 valence electrons. The summed E-state index contributed by atoms with van der Waals surface area (Å²) in [4.78, 5) is 0. The van der Waals surface area contributed by atoms with Gasteiger partial charge in [-0.3, -0.25) is 0 Å². The number of phenols is 6. The van der Waals surface area contributed by atoms with Crippen LogP contribution in [-0.2, 0) is 0 Å². The fourth-order valence-electron chi connectivity index (χ4n) is 4.54. The Morgan fingerprint density at radius 1 is 0.622 bits per heavy atom. The number of hydrogen-bond acceptors (Lipinski definition) is 8. The molecule has 0 unspecified atom stereocenters. The molecule has 0 radical (unpaired) electrons. The number of aromatic hydroxyl groups is 6. The van der Waals surface area contributed by atoms with Crippen molar-refractivity contribution in [3.8, 4) is 46.0 Å². The van der Waals surface area contributed by atoms with Crippen LogP contribution in [0.25, 0.3) is 12.2 Å². The Bertz CT molecular complexity index is 1530. The van der Waals surface area contributed by atoms with Crippen LogP contribution in [0, 0.1) is 0 Å². The zero-order valence-corrected chi connectivity index (χ0v) is 19.7. The number of benzene rings is 4. The third-order valence-electron chi connectivity index (χ3n) is 6.37. The van der Waals surface area contributed by atoms with Crippen LogP contribution in [0.4, 0.5) is 0 Å². The van der Waals surface area contributed by atoms with Crippen LogP contribution in [0.3, 0.4) is 0 Å². The van der Waals surface area contributed by atoms with Gasteiger partial charge in [0.25, 0.3) is 0 Å². The van der Waals surface area contributed by atoms with Crippen LogP contribution in [0.2, 0.25) is 0 Å². The second-order valence-electron chi connectivity index (χ2n) is 8.73. The maximum absolute atomic E-state index is 11.1. The lowest BCUT2D eigenvalue weighted by Gasteiger charge is -2.21. The van der Waals surface area contributed by atoms with E-state index in [9.17, 15) is 30.6 Å². The van der Waals surface area contributed by atoms with Gasteiger partial charge in [-0.25, -0.2) is 0 Å². The zero-order valence-electron chi connectivity index (χ0n) is 19.7. The van der Waals surface area contributed by atoms with Crippen molar-refractivity contribution in [2.45, 2.75) is 12.0 Å². The topological polar surface area (TPSA) is 140 Å². The Balaban J connectivity index is 1.57. The summed E-state index contributed by atoms with van der Waals surface area (Å²) in [5.41, 5.74) is 3.00. The molecule has 0 fully saturated rings. The van der Waals surface area contributed by atoms with Crippen molar-refractivity contribution in [2.24, 2.45) is 0 Å². The number of rotatable bonds is 5. The van der Waals surface area contributed by atoms with E-state index in [0.717, 1.165) is 5.56 Å². The van der Waals surface area contributed by atoms with Crippen molar-refractivity contribution < 1.29 is 40.1 Å². The fraction of sp³-hybridized carbons (Fsp3) is 0.103. The van der Waals surface area contributed by atoms with Crippen molar-refractivity contribution in [3.63, 3.8) is 0 Å². The Hall–Kier alpha value is -4.98. The summed E-state index contributed by atoms with van der Waals surface area (Å²) in [6.45, 7) is 0. The van der Waals surface area contributed by atoms with E-state index in [2.05, 4.69) is 0 Å². The molecule has 1 aliphatic rings. The van der Waals surface area contributed by atoms with E-state index in [1.54, 1.807) is 48.6 Å². The van der Waals surface area contributed by atoms with Crippen LogP contribution in [0.1, 0.15) is 39.8 Å². The Labute approximate surface area is 212 Å². The van der Waals surface area contributed by atoms with E-state index < -0.39 is 12.0 Å². The standard InChI is InChI=1S/C29H24O8/c1-36-25-11-15(4-7-21(25)32)2-3-16-10-24(35)28-26(12-16)37-29(18-6-9-20(31)23(34)14-18)27(28)17-5-8-19(30)22(33)13-17/h2-14,27,29-35H,1H3/b3-2+/t27-,29+/m0/s1. The van der Waals surface area contributed by atoms with Crippen molar-refractivity contribution in [3.05, 3.63) is 94.5 Å². The molecule has 8 nitrogen and oxygen atoms in total. The van der Waals surface area contributed by atoms with Crippen LogP contribution in [-0.4, -0.2) is 37.7 Å². The molecular weight excluding hydrogens is 476 g/mol. The molecule has 0 bridgehead atoms. The number of fused-ring (bicyclic) bond motifs is 1. The molecular formula is C29H24O8. The van der Waals surface area contributed by atoms with Gasteiger partial charge >= 0.3 is 0 Å². The summed E-state index contributed by atoms with van der Waals surface area (Å²) in [5, 5.41) is 60.7. The molecule has 1 aliphatic heterocycles. The highest BCUT2D eigenvalue weighted by Crippen LogP contribution is 2.54. The first kappa shape index (κ1) is 23.7. The molecule has 6 N–H and O–H groups in total. The predicted molar refractivity (Wildman–Crippen MR) is 136 cm³/mol. The molecule has 8 heteroatoms. The lowest BCUT2D eigenvalue weighted by Crippen LogP contribution is -2.11. The average Bonchev–Trinajstić information content (AvgIpc) is 3.27. The summed E-state index contributed by atoms with van der Waals surface area (Å²) in [7, 11) is 1.47. The lowest BCUT2D eigenvalue weighted by atomic mass is 9.84. The molecule has 4 aromatic rings. The second kappa shape index (κ2) is 9.23. The maximum atomic E-state index is 11.1. The molecule has 0 saturated carbocycles. The Morgan fingerprint density at radius 3 is 1.92 bits per heavy atom. The minimum atomic E-state index is -0.711. The Morgan fingerprint density at radius 2 is 1.24 bits per heavy atom. The van der Waals surface area contributed by atoms with Gasteiger partial charge in [0, 0.05) is 5.56 Å². The highest BCUT2D eigenvalue weighted by molar-refractivity contribution is 5.74. The summed E-state index contributed by atoms with van der Waals surface area (Å²) in [6, 6.07) is 17.0. The van der Waals surface area contributed by atoms with E-state index >= 15 is 0 Å². The lowest BCUT2D eigenvalue weighted by molar-refractivity contribution is 0.221. The van der Waals surface area contributed by atoms with Gasteiger partial charge in [0.1, 0.15) is 17.6 Å². The molecule has 0 aliphatic carbocycles. The molecule has 0 saturated heterocycles. The SMILES string of the molecule is COc1cc(/C=C/c2cc(O)c3c(c2)O[C@H](c2ccc(O)c(O)c2)[C@H]3c2ccc(O)c(O)c2)ccc1O. The van der Waals surface area contributed by atoms with E-state index in [1.807, 2.05) is 0 Å². The van der Waals surface area contributed by atoms with Crippen LogP contribution in [0.15, 0.2) is 66.7 Å². The van der Waals surface area contributed by atoms with Crippen LogP contribution >= 0.6 is 0 Å². The number of ether oxygens (including phenoxy) is 2. The molecule has 37 heavy (non-hydrogen) atoms. The van der Waals surface area contributed by atoms with Gasteiger partial charge in [-0.05, 0) is 70.8 Å². The highest BCUT2D eigenvalue weighted by atomic mass is 16.5. The summed E-state index contributed by atoms with van der Waals surface area (Å²) >= 11 is 0. The largest absolute Gasteiger partial charge is 0.507 e. The van der Waals surface area contributed by atoms with Gasteiger partial charge in [0.15, 0.2) is 34.5 Å². The first-order chi connectivity index (χ1) is 17.7. The minimum Gasteiger partial charge on any atom is -0.507 e. The fourth-order valence-corrected chi connectivity index (χ4v) is 4.54. The van der Waals surface area contributed by atoms with Crippen molar-refractivity contribution in [1.82, 2.24) is 0 Å². The minimum absolute atomic E-state index is 0.0286. The molecule has 4 aromatic carbocycles. The average molecular weight is 501 g/mol. The third kappa shape index (κ3) is 4.40. The summed E-state index contributed by atoms with van der Waals surface area (Å²) in [6.07, 6.45) is 2.86. The number of phenolic OH excluding ortho intramolecular Hbond substituents is 6. The third-order valence-corrected chi connectivity index (χ3v) is 6.37. The second-order valence-corrected chi connectivity index (χ2v) is 8.73. The van der Waals surface area contributed by atoms with Gasteiger partial charge in [-0.1, -0.05) is 30.4 Å². The van der Waals surface area contributed by atoms with Crippen molar-refractivity contribution in [2.75, 3.05) is 7.11 Å². The normalized spacial score (nSPS) is 16.5. The van der Waals surface area contributed by atoms with Gasteiger partial charge in [-0.15, -0.1) is 0 Å². The number of methoxy groups -OCH3 is 1. The molecule has 2 atom stereocenters. The summed E-state index contributed by atoms with van der Waals surface area (Å²) in [5.74, 6) is -1.06. The molecule has 5 rings (SSSR count). The van der Waals surface area contributed by atoms with Gasteiger partial charge in [0.2, 0.25) is 0 Å². The van der Waals surface area contributed by atoms with Gasteiger partial charge in [0.05, 0.1) is 13.0 Å². The smallest absolute Gasteiger partial charge is 0.161 e. The monoisotopic (exact) mass is 500 g/mol. The number of hydrogen-bond donors (Lipinski definition) is 6. The Kier molecular flexibility index (Phi) is 5.93. The van der Waals surface area contributed by atoms with E-state index in [0.29, 0.717) is 33.8 Å². The highest BCUT2D eigenvalue weighted by Gasteiger charge is 2.39. The van der Waals surface area contributed by atoms with Crippen molar-refractivity contribution >= 4 is 12.2 Å². The quantitative estimate of drug-likeness (QED) is 0.159. The van der Waals surface area contributed by atoms with Crippen LogP contribution < -0.4 is 9.47 Å². The maximum Gasteiger partial charge on any atom is 0.161 e. The predicted octanol–water partition coefficient (Wildman–Crippen LogP) is 5.36. The van der Waals surface area contributed by atoms with Crippen molar-refractivity contribution in [1.29, 1.82) is 0 Å². The molecule has 1 heterocycles. The van der Waals surface area contributed by atoms with Gasteiger partial charge in [-0.2, -0.15) is 0 Å². The van der Waals surface area contributed by atoms with E-state index in [-0.39, 0.29) is 34.5 Å². The van der Waals surface area contributed by atoms with E-state index in [4.69, 9.17) is 9.47 Å². The van der Waals surface area contributed by atoms with Crippen LogP contribution in [0.5, 0.6) is 46.0 Å². The summed E-state index contributed by atoms with van der Waals surface area (Å²) < 4.78 is 11.4. The zero-order chi connectivity index (χ0) is 26.3.